The van der Waals surface area contributed by atoms with E-state index in [0.717, 1.165) is 6.07 Å². The molecular weight excluding hydrogens is 619 g/mol. The van der Waals surface area contributed by atoms with Crippen LogP contribution in [-0.4, -0.2) is 55.2 Å². The summed E-state index contributed by atoms with van der Waals surface area (Å²) in [5, 5.41) is 9.03. The molecule has 0 spiro atoms. The first-order valence-electron chi connectivity index (χ1n) is 14.2. The third kappa shape index (κ3) is 5.47. The highest BCUT2D eigenvalue weighted by Gasteiger charge is 2.74. The number of carboxylic acid groups (broad SMARTS) is 1. The summed E-state index contributed by atoms with van der Waals surface area (Å²) in [6, 6.07) is 7.73. The maximum atomic E-state index is 15.0. The number of amides is 1. The second kappa shape index (κ2) is 12.0. The number of carbonyl (C=O) groups is 2. The van der Waals surface area contributed by atoms with Crippen molar-refractivity contribution < 1.29 is 53.8 Å². The molecule has 1 fully saturated rings. The van der Waals surface area contributed by atoms with Crippen molar-refractivity contribution >= 4 is 21.7 Å². The van der Waals surface area contributed by atoms with E-state index >= 15 is 0 Å². The van der Waals surface area contributed by atoms with Crippen LogP contribution in [0.2, 0.25) is 0 Å². The van der Waals surface area contributed by atoms with Crippen LogP contribution in [0.5, 0.6) is 0 Å². The summed E-state index contributed by atoms with van der Waals surface area (Å²) in [7, 11) is -4.42. The number of fused-ring (bicyclic) bond motifs is 3. The summed E-state index contributed by atoms with van der Waals surface area (Å²) in [5.74, 6) is -2.02. The van der Waals surface area contributed by atoms with Gasteiger partial charge in [0.15, 0.2) is 9.84 Å². The van der Waals surface area contributed by atoms with Crippen LogP contribution in [0.1, 0.15) is 68.6 Å². The number of hydrogen-bond donors (Lipinski definition) is 1. The third-order valence-electron chi connectivity index (χ3n) is 8.81. The summed E-state index contributed by atoms with van der Waals surface area (Å²) in [6.45, 7) is 1.78. The molecule has 242 valence electrons. The van der Waals surface area contributed by atoms with Crippen LogP contribution in [0.4, 0.5) is 30.7 Å². The van der Waals surface area contributed by atoms with Crippen LogP contribution < -0.4 is 0 Å². The van der Waals surface area contributed by atoms with Crippen LogP contribution in [-0.2, 0) is 36.3 Å². The smallest absolute Gasteiger partial charge is 0.435 e. The van der Waals surface area contributed by atoms with E-state index in [1.54, 1.807) is 6.07 Å². The number of alkyl halides is 7. The van der Waals surface area contributed by atoms with Gasteiger partial charge in [0.25, 0.3) is 0 Å². The minimum absolute atomic E-state index is 0.0615. The van der Waals surface area contributed by atoms with Crippen molar-refractivity contribution in [2.75, 3.05) is 6.54 Å². The van der Waals surface area contributed by atoms with Gasteiger partial charge in [-0.15, -0.1) is 0 Å². The molecule has 4 rings (SSSR count). The number of likely N-dealkylation sites (tertiary alicyclic amines) is 1. The van der Waals surface area contributed by atoms with Gasteiger partial charge in [0.1, 0.15) is 4.75 Å². The zero-order valence-electron chi connectivity index (χ0n) is 23.7. The maximum Gasteiger partial charge on any atom is 0.435 e. The largest absolute Gasteiger partial charge is 0.481 e. The van der Waals surface area contributed by atoms with Crippen molar-refractivity contribution in [1.82, 2.24) is 4.90 Å². The molecule has 1 aliphatic carbocycles. The molecule has 1 amide bonds. The zero-order chi connectivity index (χ0) is 32.7. The van der Waals surface area contributed by atoms with Gasteiger partial charge >= 0.3 is 24.0 Å². The molecule has 0 radical (unpaired) electrons. The molecule has 3 atom stereocenters. The highest BCUT2D eigenvalue weighted by atomic mass is 32.2. The molecule has 44 heavy (non-hydrogen) atoms. The van der Waals surface area contributed by atoms with Gasteiger partial charge in [0, 0.05) is 24.4 Å². The van der Waals surface area contributed by atoms with Gasteiger partial charge in [0.05, 0.1) is 10.9 Å². The first kappa shape index (κ1) is 33.7. The van der Waals surface area contributed by atoms with E-state index in [-0.39, 0.29) is 67.0 Å². The predicted molar refractivity (Wildman–Crippen MR) is 145 cm³/mol. The van der Waals surface area contributed by atoms with Crippen LogP contribution in [0.25, 0.3) is 0 Å². The Hall–Kier alpha value is -3.16. The number of hydrogen-bond acceptors (Lipinski definition) is 4. The fourth-order valence-electron chi connectivity index (χ4n) is 6.78. The van der Waals surface area contributed by atoms with Gasteiger partial charge in [-0.2, -0.15) is 26.3 Å². The minimum Gasteiger partial charge on any atom is -0.481 e. The van der Waals surface area contributed by atoms with Crippen molar-refractivity contribution in [3.05, 3.63) is 65.2 Å². The minimum atomic E-state index is -6.34. The lowest BCUT2D eigenvalue weighted by atomic mass is 9.76. The van der Waals surface area contributed by atoms with Crippen molar-refractivity contribution in [1.29, 1.82) is 0 Å². The second-order valence-corrected chi connectivity index (χ2v) is 13.5. The molecule has 0 saturated carbocycles. The summed E-state index contributed by atoms with van der Waals surface area (Å²) >= 11 is 0. The van der Waals surface area contributed by atoms with Gasteiger partial charge in [-0.05, 0) is 61.8 Å². The Bertz CT molecular complexity index is 1480. The average molecular weight is 652 g/mol. The van der Waals surface area contributed by atoms with Gasteiger partial charge in [-0.25, -0.2) is 12.8 Å². The number of aryl methyl sites for hydroxylation is 1. The molecule has 1 aliphatic heterocycles. The number of rotatable bonds is 10. The summed E-state index contributed by atoms with van der Waals surface area (Å²) in [6.07, 6.45) is -11.9. The standard InChI is InChI=1S/C30H32F7NO5S/c1-2-7-19(8-6-11-25(39)40)26(41)38-17-16-27(44(42,43)22-9-4-3-5-10-22)23-14-13-21(18-20(23)12-15-24(27)38)28(31,29(32,33)34)30(35,36)37/h3-5,9-10,13-14,18-19,24H,2,6-8,11-12,15-17H2,1H3,(H,39,40)/t19-,24-,27-/m1/s1. The molecule has 2 aliphatic rings. The lowest BCUT2D eigenvalue weighted by Gasteiger charge is -2.43. The molecule has 2 aromatic carbocycles. The number of aliphatic carboxylic acids is 1. The molecule has 0 bridgehead atoms. The third-order valence-corrected chi connectivity index (χ3v) is 11.4. The Morgan fingerprint density at radius 1 is 1.00 bits per heavy atom. The van der Waals surface area contributed by atoms with Crippen LogP contribution in [0, 0.1) is 5.92 Å². The first-order chi connectivity index (χ1) is 20.4. The summed E-state index contributed by atoms with van der Waals surface area (Å²) in [4.78, 5) is 26.2. The van der Waals surface area contributed by atoms with E-state index in [4.69, 9.17) is 5.11 Å². The number of carbonyl (C=O) groups excluding carboxylic acids is 1. The maximum absolute atomic E-state index is 15.0. The topological polar surface area (TPSA) is 91.8 Å². The molecule has 6 nitrogen and oxygen atoms in total. The monoisotopic (exact) mass is 651 g/mol. The number of sulfone groups is 1. The van der Waals surface area contributed by atoms with E-state index in [1.165, 1.54) is 29.2 Å². The van der Waals surface area contributed by atoms with Crippen LogP contribution in [0.15, 0.2) is 53.4 Å². The van der Waals surface area contributed by atoms with Crippen LogP contribution >= 0.6 is 0 Å². The van der Waals surface area contributed by atoms with Crippen molar-refractivity contribution in [3.8, 4) is 0 Å². The number of carboxylic acids is 1. The fraction of sp³-hybridized carbons (Fsp3) is 0.533. The second-order valence-electron chi connectivity index (χ2n) is 11.3. The molecule has 14 heteroatoms. The predicted octanol–water partition coefficient (Wildman–Crippen LogP) is 6.86. The molecule has 0 unspecified atom stereocenters. The Morgan fingerprint density at radius 2 is 1.64 bits per heavy atom. The number of benzene rings is 2. The molecule has 1 saturated heterocycles. The first-order valence-corrected chi connectivity index (χ1v) is 15.7. The number of nitrogens with zero attached hydrogens (tertiary/aromatic N) is 1. The quantitative estimate of drug-likeness (QED) is 0.284. The van der Waals surface area contributed by atoms with E-state index < -0.39 is 56.1 Å². The summed E-state index contributed by atoms with van der Waals surface area (Å²) < 4.78 is 123. The van der Waals surface area contributed by atoms with Gasteiger partial charge in [-0.3, -0.25) is 9.59 Å². The fourth-order valence-corrected chi connectivity index (χ4v) is 9.17. The Balaban J connectivity index is 1.86. The van der Waals surface area contributed by atoms with Gasteiger partial charge < -0.3 is 10.0 Å². The summed E-state index contributed by atoms with van der Waals surface area (Å²) in [5.41, 5.74) is -7.62. The Kier molecular flexibility index (Phi) is 9.18. The zero-order valence-corrected chi connectivity index (χ0v) is 24.5. The van der Waals surface area contributed by atoms with E-state index in [2.05, 4.69) is 0 Å². The highest BCUT2D eigenvalue weighted by Crippen LogP contribution is 2.57. The van der Waals surface area contributed by atoms with Crippen molar-refractivity contribution in [3.63, 3.8) is 0 Å². The van der Waals surface area contributed by atoms with E-state index in [1.807, 2.05) is 6.92 Å². The van der Waals surface area contributed by atoms with Gasteiger partial charge in [0.2, 0.25) is 5.91 Å². The Labute approximate surface area is 250 Å². The van der Waals surface area contributed by atoms with Crippen molar-refractivity contribution in [2.45, 2.75) is 92.0 Å². The lowest BCUT2D eigenvalue weighted by Crippen LogP contribution is -2.53. The lowest BCUT2D eigenvalue weighted by molar-refractivity contribution is -0.348. The Morgan fingerprint density at radius 3 is 2.20 bits per heavy atom. The average Bonchev–Trinajstić information content (AvgIpc) is 3.36. The normalized spacial score (nSPS) is 21.5. The molecular formula is C30H32F7NO5S. The van der Waals surface area contributed by atoms with Crippen molar-refractivity contribution in [2.24, 2.45) is 5.92 Å². The molecule has 2 aromatic rings. The number of halogens is 7. The van der Waals surface area contributed by atoms with E-state index in [0.29, 0.717) is 25.0 Å². The SMILES string of the molecule is CCC[C@H](CCCC(=O)O)C(=O)N1CC[C@@]2(S(=O)(=O)c3ccccc3)c3ccc(C(F)(C(F)(F)F)C(F)(F)F)cc3CC[C@@H]12. The molecule has 1 N–H and O–H groups in total. The van der Waals surface area contributed by atoms with Crippen LogP contribution in [0.3, 0.4) is 0 Å². The molecule has 0 aromatic heterocycles. The van der Waals surface area contributed by atoms with E-state index in [9.17, 15) is 48.7 Å². The van der Waals surface area contributed by atoms with Gasteiger partial charge in [-0.1, -0.05) is 49.7 Å². The molecule has 1 heterocycles. The highest BCUT2D eigenvalue weighted by molar-refractivity contribution is 7.92.